The molecule has 0 amide bonds. The summed E-state index contributed by atoms with van der Waals surface area (Å²) in [5, 5.41) is 10.4. The number of anilines is 1. The van der Waals surface area contributed by atoms with Gasteiger partial charge in [-0.2, -0.15) is 13.2 Å². The Morgan fingerprint density at radius 2 is 2.11 bits per heavy atom. The van der Waals surface area contributed by atoms with Crippen molar-refractivity contribution in [2.45, 2.75) is 32.5 Å². The van der Waals surface area contributed by atoms with Gasteiger partial charge in [0.15, 0.2) is 5.82 Å². The van der Waals surface area contributed by atoms with Gasteiger partial charge in [-0.1, -0.05) is 0 Å². The Labute approximate surface area is 101 Å². The van der Waals surface area contributed by atoms with Gasteiger partial charge in [0.05, 0.1) is 6.42 Å². The van der Waals surface area contributed by atoms with Crippen LogP contribution in [0, 0.1) is 6.92 Å². The molecule has 2 rings (SSSR count). The molecule has 1 N–H and O–H groups in total. The van der Waals surface area contributed by atoms with Gasteiger partial charge in [0.25, 0.3) is 0 Å². The van der Waals surface area contributed by atoms with Gasteiger partial charge in [-0.15, -0.1) is 10.2 Å². The van der Waals surface area contributed by atoms with Crippen molar-refractivity contribution in [3.05, 3.63) is 18.2 Å². The number of alkyl halides is 3. The molecule has 5 nitrogen and oxygen atoms in total. The van der Waals surface area contributed by atoms with Crippen molar-refractivity contribution in [2.75, 3.05) is 5.32 Å². The van der Waals surface area contributed by atoms with Crippen molar-refractivity contribution in [1.29, 1.82) is 0 Å². The molecule has 0 aliphatic carbocycles. The highest BCUT2D eigenvalue weighted by molar-refractivity contribution is 5.62. The van der Waals surface area contributed by atoms with Crippen LogP contribution in [0.15, 0.2) is 12.4 Å². The summed E-state index contributed by atoms with van der Waals surface area (Å²) in [6.45, 7) is 3.20. The fourth-order valence-corrected chi connectivity index (χ4v) is 1.67. The van der Waals surface area contributed by atoms with Crippen LogP contribution >= 0.6 is 0 Å². The normalized spacial score (nSPS) is 13.8. The smallest absolute Gasteiger partial charge is 0.364 e. The second-order valence-corrected chi connectivity index (χ2v) is 4.08. The Balaban J connectivity index is 2.22. The van der Waals surface area contributed by atoms with Gasteiger partial charge in [0, 0.05) is 18.4 Å². The molecule has 18 heavy (non-hydrogen) atoms. The SMILES string of the molecule is Cc1nnc2c(NC(C)CC(F)(F)F)nccn12. The highest BCUT2D eigenvalue weighted by Gasteiger charge is 2.30. The zero-order chi connectivity index (χ0) is 13.3. The maximum Gasteiger partial charge on any atom is 0.391 e. The minimum Gasteiger partial charge on any atom is -0.364 e. The fraction of sp³-hybridized carbons (Fsp3) is 0.500. The number of aryl methyl sites for hydroxylation is 1. The predicted molar refractivity (Wildman–Crippen MR) is 59.3 cm³/mol. The van der Waals surface area contributed by atoms with Gasteiger partial charge in [-0.25, -0.2) is 4.98 Å². The summed E-state index contributed by atoms with van der Waals surface area (Å²) in [5.41, 5.74) is 0.420. The minimum absolute atomic E-state index is 0.301. The van der Waals surface area contributed by atoms with Crippen LogP contribution in [-0.4, -0.2) is 31.8 Å². The molecule has 0 aromatic carbocycles. The standard InChI is InChI=1S/C10H12F3N5/c1-6(5-10(11,12)13)15-8-9-17-16-7(2)18(9)4-3-14-8/h3-4,6H,5H2,1-2H3,(H,14,15). The zero-order valence-corrected chi connectivity index (χ0v) is 9.86. The first-order valence-corrected chi connectivity index (χ1v) is 5.36. The van der Waals surface area contributed by atoms with Crippen molar-refractivity contribution in [1.82, 2.24) is 19.6 Å². The average molecular weight is 259 g/mol. The summed E-state index contributed by atoms with van der Waals surface area (Å²) in [7, 11) is 0. The lowest BCUT2D eigenvalue weighted by molar-refractivity contribution is -0.136. The molecule has 0 aliphatic rings. The molecule has 0 spiro atoms. The van der Waals surface area contributed by atoms with Crippen molar-refractivity contribution in [3.8, 4) is 0 Å². The second-order valence-electron chi connectivity index (χ2n) is 4.08. The first-order chi connectivity index (χ1) is 8.37. The highest BCUT2D eigenvalue weighted by atomic mass is 19.4. The second kappa shape index (κ2) is 4.43. The van der Waals surface area contributed by atoms with Crippen LogP contribution < -0.4 is 5.32 Å². The number of hydrogen-bond acceptors (Lipinski definition) is 4. The van der Waals surface area contributed by atoms with Gasteiger partial charge in [0.2, 0.25) is 5.65 Å². The molecule has 0 saturated heterocycles. The van der Waals surface area contributed by atoms with Crippen LogP contribution in [0.3, 0.4) is 0 Å². The number of nitrogens with one attached hydrogen (secondary N) is 1. The molecule has 2 aromatic heterocycles. The maximum atomic E-state index is 12.2. The van der Waals surface area contributed by atoms with E-state index in [4.69, 9.17) is 0 Å². The van der Waals surface area contributed by atoms with E-state index in [9.17, 15) is 13.2 Å². The Morgan fingerprint density at radius 3 is 2.78 bits per heavy atom. The first-order valence-electron chi connectivity index (χ1n) is 5.36. The van der Waals surface area contributed by atoms with Gasteiger partial charge < -0.3 is 5.32 Å². The third-order valence-electron chi connectivity index (χ3n) is 2.42. The molecule has 0 saturated carbocycles. The number of rotatable bonds is 3. The highest BCUT2D eigenvalue weighted by Crippen LogP contribution is 2.23. The number of hydrogen-bond donors (Lipinski definition) is 1. The van der Waals surface area contributed by atoms with E-state index in [0.29, 0.717) is 17.3 Å². The van der Waals surface area contributed by atoms with E-state index in [-0.39, 0.29) is 0 Å². The summed E-state index contributed by atoms with van der Waals surface area (Å²) >= 11 is 0. The summed E-state index contributed by atoms with van der Waals surface area (Å²) < 4.78 is 38.4. The van der Waals surface area contributed by atoms with E-state index in [1.165, 1.54) is 13.1 Å². The molecular formula is C10H12F3N5. The van der Waals surface area contributed by atoms with Gasteiger partial charge in [-0.05, 0) is 13.8 Å². The number of fused-ring (bicyclic) bond motifs is 1. The lowest BCUT2D eigenvalue weighted by Gasteiger charge is -2.16. The third kappa shape index (κ3) is 2.69. The largest absolute Gasteiger partial charge is 0.391 e. The Kier molecular flexibility index (Phi) is 3.10. The molecule has 0 bridgehead atoms. The predicted octanol–water partition coefficient (Wildman–Crippen LogP) is 2.19. The summed E-state index contributed by atoms with van der Waals surface area (Å²) in [6, 6.07) is -0.777. The van der Waals surface area contributed by atoms with Crippen LogP contribution in [-0.2, 0) is 0 Å². The number of nitrogens with zero attached hydrogens (tertiary/aromatic N) is 4. The quantitative estimate of drug-likeness (QED) is 0.918. The zero-order valence-electron chi connectivity index (χ0n) is 9.86. The van der Waals surface area contributed by atoms with E-state index in [2.05, 4.69) is 20.5 Å². The van der Waals surface area contributed by atoms with E-state index < -0.39 is 18.6 Å². The van der Waals surface area contributed by atoms with Gasteiger partial charge in [0.1, 0.15) is 5.82 Å². The average Bonchev–Trinajstić information content (AvgIpc) is 2.59. The summed E-state index contributed by atoms with van der Waals surface area (Å²) in [5.74, 6) is 0.953. The van der Waals surface area contributed by atoms with Crippen molar-refractivity contribution in [2.24, 2.45) is 0 Å². The number of aromatic nitrogens is 4. The lowest BCUT2D eigenvalue weighted by atomic mass is 10.2. The lowest BCUT2D eigenvalue weighted by Crippen LogP contribution is -2.24. The molecule has 1 atom stereocenters. The monoisotopic (exact) mass is 259 g/mol. The van der Waals surface area contributed by atoms with Gasteiger partial charge >= 0.3 is 6.18 Å². The van der Waals surface area contributed by atoms with Gasteiger partial charge in [-0.3, -0.25) is 4.40 Å². The van der Waals surface area contributed by atoms with E-state index in [1.54, 1.807) is 17.5 Å². The van der Waals surface area contributed by atoms with Crippen molar-refractivity contribution in [3.63, 3.8) is 0 Å². The third-order valence-corrected chi connectivity index (χ3v) is 2.42. The first kappa shape index (κ1) is 12.6. The van der Waals surface area contributed by atoms with Crippen LogP contribution in [0.5, 0.6) is 0 Å². The maximum absolute atomic E-state index is 12.2. The van der Waals surface area contributed by atoms with E-state index >= 15 is 0 Å². The topological polar surface area (TPSA) is 55.1 Å². The Hall–Kier alpha value is -1.86. The minimum atomic E-state index is -4.21. The molecule has 1 unspecified atom stereocenters. The van der Waals surface area contributed by atoms with Crippen LogP contribution in [0.4, 0.5) is 19.0 Å². The van der Waals surface area contributed by atoms with Crippen molar-refractivity contribution < 1.29 is 13.2 Å². The van der Waals surface area contributed by atoms with Crippen LogP contribution in [0.1, 0.15) is 19.2 Å². The van der Waals surface area contributed by atoms with Crippen LogP contribution in [0.2, 0.25) is 0 Å². The molecule has 0 radical (unpaired) electrons. The summed E-state index contributed by atoms with van der Waals surface area (Å²) in [4.78, 5) is 3.99. The Bertz CT molecular complexity index is 548. The molecule has 0 fully saturated rings. The molecule has 2 aromatic rings. The Morgan fingerprint density at radius 1 is 1.39 bits per heavy atom. The van der Waals surface area contributed by atoms with Crippen molar-refractivity contribution >= 4 is 11.5 Å². The molecular weight excluding hydrogens is 247 g/mol. The van der Waals surface area contributed by atoms with E-state index in [0.717, 1.165) is 0 Å². The summed E-state index contributed by atoms with van der Waals surface area (Å²) in [6.07, 6.45) is -1.99. The molecule has 8 heteroatoms. The number of halogens is 3. The molecule has 2 heterocycles. The van der Waals surface area contributed by atoms with Crippen LogP contribution in [0.25, 0.3) is 5.65 Å². The molecule has 0 aliphatic heterocycles. The molecule has 98 valence electrons. The van der Waals surface area contributed by atoms with E-state index in [1.807, 2.05) is 0 Å². The fourth-order valence-electron chi connectivity index (χ4n) is 1.67.